The summed E-state index contributed by atoms with van der Waals surface area (Å²) in [6.07, 6.45) is 3.74. The lowest BCUT2D eigenvalue weighted by molar-refractivity contribution is -0.139. The maximum atomic E-state index is 12.4. The zero-order chi connectivity index (χ0) is 15.2. The van der Waals surface area contributed by atoms with Crippen molar-refractivity contribution in [3.05, 3.63) is 29.8 Å². The molecule has 0 saturated carbocycles. The first-order valence-corrected chi connectivity index (χ1v) is 7.35. The molecule has 2 rings (SSSR count). The molecule has 0 radical (unpaired) electrons. The smallest absolute Gasteiger partial charge is 0.303 e. The normalized spacial score (nSPS) is 18.5. The number of carboxylic acid groups (broad SMARTS) is 1. The van der Waals surface area contributed by atoms with Gasteiger partial charge in [-0.3, -0.25) is 9.59 Å². The highest BCUT2D eigenvalue weighted by Gasteiger charge is 2.26. The molecule has 0 spiro atoms. The number of rotatable bonds is 5. The molecule has 5 nitrogen and oxygen atoms in total. The first kappa shape index (κ1) is 15.4. The molecule has 1 fully saturated rings. The molecule has 1 amide bonds. The summed E-state index contributed by atoms with van der Waals surface area (Å²) in [6.45, 7) is 0.696. The molecule has 1 aromatic rings. The molecule has 1 saturated heterocycles. The molecule has 0 bridgehead atoms. The Labute approximate surface area is 124 Å². The number of hydrogen-bond acceptors (Lipinski definition) is 3. The largest absolute Gasteiger partial charge is 0.508 e. The van der Waals surface area contributed by atoms with Crippen molar-refractivity contribution in [1.29, 1.82) is 0 Å². The molecule has 2 N–H and O–H groups in total. The van der Waals surface area contributed by atoms with Gasteiger partial charge in [-0.2, -0.15) is 0 Å². The number of hydrogen-bond donors (Lipinski definition) is 2. The van der Waals surface area contributed by atoms with Crippen LogP contribution < -0.4 is 0 Å². The molecule has 1 heterocycles. The number of aromatic hydroxyl groups is 1. The first-order chi connectivity index (χ1) is 10.1. The Bertz CT molecular complexity index is 515. The molecule has 114 valence electrons. The van der Waals surface area contributed by atoms with Crippen LogP contribution in [-0.2, 0) is 16.0 Å². The minimum absolute atomic E-state index is 0.00990. The van der Waals surface area contributed by atoms with E-state index in [2.05, 4.69) is 0 Å². The average Bonchev–Trinajstić information content (AvgIpc) is 2.45. The lowest BCUT2D eigenvalue weighted by Crippen LogP contribution is -2.44. The molecular formula is C16H21NO4. The molecule has 5 heteroatoms. The fourth-order valence-electron chi connectivity index (χ4n) is 2.86. The number of phenolic OH excluding ortho intramolecular Hbond substituents is 1. The number of aliphatic carboxylic acids is 1. The average molecular weight is 291 g/mol. The molecule has 0 aliphatic carbocycles. The van der Waals surface area contributed by atoms with Crippen molar-refractivity contribution in [2.24, 2.45) is 0 Å². The Morgan fingerprint density at radius 1 is 1.29 bits per heavy atom. The van der Waals surface area contributed by atoms with Gasteiger partial charge in [-0.05, 0) is 43.4 Å². The number of carbonyl (C=O) groups is 2. The lowest BCUT2D eigenvalue weighted by atomic mass is 9.97. The molecule has 21 heavy (non-hydrogen) atoms. The molecule has 1 unspecified atom stereocenters. The maximum Gasteiger partial charge on any atom is 0.303 e. The molecule has 1 aromatic carbocycles. The summed E-state index contributed by atoms with van der Waals surface area (Å²) < 4.78 is 0. The Balaban J connectivity index is 1.99. The van der Waals surface area contributed by atoms with E-state index in [-0.39, 0.29) is 30.5 Å². The van der Waals surface area contributed by atoms with Crippen molar-refractivity contribution in [2.45, 2.75) is 44.6 Å². The van der Waals surface area contributed by atoms with Gasteiger partial charge >= 0.3 is 5.97 Å². The summed E-state index contributed by atoms with van der Waals surface area (Å²) in [5.74, 6) is -0.655. The van der Waals surface area contributed by atoms with Crippen LogP contribution in [0.15, 0.2) is 24.3 Å². The number of nitrogens with zero attached hydrogens (tertiary/aromatic N) is 1. The van der Waals surface area contributed by atoms with Crippen molar-refractivity contribution < 1.29 is 19.8 Å². The summed E-state index contributed by atoms with van der Waals surface area (Å²) in [5.41, 5.74) is 0.780. The van der Waals surface area contributed by atoms with E-state index < -0.39 is 5.97 Å². The fourth-order valence-corrected chi connectivity index (χ4v) is 2.86. The predicted octanol–water partition coefficient (Wildman–Crippen LogP) is 2.18. The topological polar surface area (TPSA) is 77.8 Å². The second-order valence-electron chi connectivity index (χ2n) is 5.52. The van der Waals surface area contributed by atoms with Gasteiger partial charge < -0.3 is 15.1 Å². The van der Waals surface area contributed by atoms with E-state index in [1.807, 2.05) is 11.0 Å². The van der Waals surface area contributed by atoms with E-state index >= 15 is 0 Å². The third kappa shape index (κ3) is 4.48. The van der Waals surface area contributed by atoms with E-state index in [4.69, 9.17) is 5.11 Å². The van der Waals surface area contributed by atoms with E-state index in [1.165, 1.54) is 0 Å². The number of likely N-dealkylation sites (tertiary alicyclic amines) is 1. The SMILES string of the molecule is O=C(O)CCC1CCCCN1C(=O)Cc1cccc(O)c1. The standard InChI is InChI=1S/C16H21NO4/c18-14-6-3-4-12(10-14)11-15(19)17-9-2-1-5-13(17)7-8-16(20)21/h3-4,6,10,13,18H,1-2,5,7-9,11H2,(H,20,21). The summed E-state index contributed by atoms with van der Waals surface area (Å²) >= 11 is 0. The summed E-state index contributed by atoms with van der Waals surface area (Å²) in [5, 5.41) is 18.2. The van der Waals surface area contributed by atoms with Crippen LogP contribution >= 0.6 is 0 Å². The second-order valence-corrected chi connectivity index (χ2v) is 5.52. The predicted molar refractivity (Wildman–Crippen MR) is 78.0 cm³/mol. The minimum Gasteiger partial charge on any atom is -0.508 e. The Morgan fingerprint density at radius 3 is 2.81 bits per heavy atom. The number of carboxylic acids is 1. The summed E-state index contributed by atoms with van der Waals surface area (Å²) in [7, 11) is 0. The Hall–Kier alpha value is -2.04. The van der Waals surface area contributed by atoms with Crippen molar-refractivity contribution in [1.82, 2.24) is 4.90 Å². The van der Waals surface area contributed by atoms with Gasteiger partial charge in [0, 0.05) is 19.0 Å². The molecular weight excluding hydrogens is 270 g/mol. The molecule has 1 atom stereocenters. The summed E-state index contributed by atoms with van der Waals surface area (Å²) in [4.78, 5) is 25.0. The van der Waals surface area contributed by atoms with Crippen LogP contribution in [-0.4, -0.2) is 39.6 Å². The van der Waals surface area contributed by atoms with E-state index in [1.54, 1.807) is 18.2 Å². The number of phenols is 1. The highest BCUT2D eigenvalue weighted by Crippen LogP contribution is 2.22. The van der Waals surface area contributed by atoms with Crippen molar-refractivity contribution in [2.75, 3.05) is 6.54 Å². The lowest BCUT2D eigenvalue weighted by Gasteiger charge is -2.35. The van der Waals surface area contributed by atoms with E-state index in [9.17, 15) is 14.7 Å². The summed E-state index contributed by atoms with van der Waals surface area (Å²) in [6, 6.07) is 6.72. The zero-order valence-electron chi connectivity index (χ0n) is 12.0. The Morgan fingerprint density at radius 2 is 2.10 bits per heavy atom. The van der Waals surface area contributed by atoms with Gasteiger partial charge in [0.25, 0.3) is 0 Å². The van der Waals surface area contributed by atoms with Gasteiger partial charge in [0.15, 0.2) is 0 Å². The maximum absolute atomic E-state index is 12.4. The molecule has 1 aliphatic heterocycles. The quantitative estimate of drug-likeness (QED) is 0.871. The zero-order valence-corrected chi connectivity index (χ0v) is 12.0. The molecule has 0 aromatic heterocycles. The Kier molecular flexibility index (Phi) is 5.20. The number of carbonyl (C=O) groups excluding carboxylic acids is 1. The van der Waals surface area contributed by atoms with Crippen LogP contribution in [0.1, 0.15) is 37.7 Å². The number of benzene rings is 1. The van der Waals surface area contributed by atoms with Crippen LogP contribution in [0.3, 0.4) is 0 Å². The van der Waals surface area contributed by atoms with E-state index in [0.717, 1.165) is 24.8 Å². The van der Waals surface area contributed by atoms with Crippen LogP contribution in [0.25, 0.3) is 0 Å². The van der Waals surface area contributed by atoms with Gasteiger partial charge in [-0.1, -0.05) is 12.1 Å². The monoisotopic (exact) mass is 291 g/mol. The van der Waals surface area contributed by atoms with E-state index in [0.29, 0.717) is 13.0 Å². The van der Waals surface area contributed by atoms with Crippen molar-refractivity contribution in [3.63, 3.8) is 0 Å². The van der Waals surface area contributed by atoms with Crippen LogP contribution in [0.2, 0.25) is 0 Å². The fraction of sp³-hybridized carbons (Fsp3) is 0.500. The van der Waals surface area contributed by atoms with Crippen molar-refractivity contribution in [3.8, 4) is 5.75 Å². The van der Waals surface area contributed by atoms with Gasteiger partial charge in [0.05, 0.1) is 6.42 Å². The van der Waals surface area contributed by atoms with Crippen LogP contribution in [0, 0.1) is 0 Å². The third-order valence-corrected chi connectivity index (χ3v) is 3.90. The second kappa shape index (κ2) is 7.11. The highest BCUT2D eigenvalue weighted by atomic mass is 16.4. The van der Waals surface area contributed by atoms with Gasteiger partial charge in [-0.15, -0.1) is 0 Å². The third-order valence-electron chi connectivity index (χ3n) is 3.90. The number of piperidine rings is 1. The minimum atomic E-state index is -0.819. The molecule has 1 aliphatic rings. The number of amides is 1. The van der Waals surface area contributed by atoms with Crippen LogP contribution in [0.5, 0.6) is 5.75 Å². The van der Waals surface area contributed by atoms with Gasteiger partial charge in [0.2, 0.25) is 5.91 Å². The first-order valence-electron chi connectivity index (χ1n) is 7.35. The van der Waals surface area contributed by atoms with Gasteiger partial charge in [-0.25, -0.2) is 0 Å². The van der Waals surface area contributed by atoms with Gasteiger partial charge in [0.1, 0.15) is 5.75 Å². The highest BCUT2D eigenvalue weighted by molar-refractivity contribution is 5.79. The van der Waals surface area contributed by atoms with Crippen LogP contribution in [0.4, 0.5) is 0 Å². The van der Waals surface area contributed by atoms with Crippen molar-refractivity contribution >= 4 is 11.9 Å².